The van der Waals surface area contributed by atoms with Crippen molar-refractivity contribution in [2.24, 2.45) is 11.3 Å². The summed E-state index contributed by atoms with van der Waals surface area (Å²) in [5, 5.41) is 33.3. The van der Waals surface area contributed by atoms with Crippen molar-refractivity contribution in [1.82, 2.24) is 0 Å². The van der Waals surface area contributed by atoms with E-state index in [1.54, 1.807) is 0 Å². The van der Waals surface area contributed by atoms with Gasteiger partial charge in [-0.25, -0.2) is 0 Å². The lowest BCUT2D eigenvalue weighted by Gasteiger charge is -2.52. The lowest BCUT2D eigenvalue weighted by atomic mass is 9.57. The molecule has 0 heterocycles. The van der Waals surface area contributed by atoms with Crippen LogP contribution in [0.3, 0.4) is 0 Å². The maximum absolute atomic E-state index is 11.9. The van der Waals surface area contributed by atoms with Crippen LogP contribution in [-0.4, -0.2) is 36.6 Å². The van der Waals surface area contributed by atoms with E-state index in [9.17, 15) is 15.3 Å². The summed E-state index contributed by atoms with van der Waals surface area (Å²) in [4.78, 5) is 0. The number of hydrogen-bond donors (Lipinski definition) is 3. The number of rotatable bonds is 5. The second-order valence-corrected chi connectivity index (χ2v) is 13.0. The number of benzene rings is 1. The Morgan fingerprint density at radius 1 is 1.14 bits per heavy atom. The van der Waals surface area contributed by atoms with Gasteiger partial charge in [0.05, 0.1) is 17.8 Å². The molecule has 1 radical (unpaired) electrons. The minimum Gasteiger partial charge on any atom is -0.413 e. The van der Waals surface area contributed by atoms with Gasteiger partial charge in [-0.1, -0.05) is 45.9 Å². The Morgan fingerprint density at radius 3 is 2.41 bits per heavy atom. The topological polar surface area (TPSA) is 69.9 Å². The first-order valence-electron chi connectivity index (χ1n) is 11.0. The molecule has 4 nitrogen and oxygen atoms in total. The molecule has 29 heavy (non-hydrogen) atoms. The normalized spacial score (nSPS) is 35.2. The minimum absolute atomic E-state index is 0.0606. The van der Waals surface area contributed by atoms with Crippen molar-refractivity contribution in [3.8, 4) is 0 Å². The van der Waals surface area contributed by atoms with Gasteiger partial charge in [0.2, 0.25) is 9.04 Å². The number of aliphatic hydroxyl groups excluding tert-OH is 1. The quantitative estimate of drug-likeness (QED) is 0.624. The Bertz CT molecular complexity index is 743. The third-order valence-electron chi connectivity index (χ3n) is 7.72. The van der Waals surface area contributed by atoms with E-state index in [1.165, 1.54) is 5.56 Å². The molecule has 0 aromatic heterocycles. The smallest absolute Gasteiger partial charge is 0.205 e. The third kappa shape index (κ3) is 3.97. The molecule has 2 fully saturated rings. The van der Waals surface area contributed by atoms with E-state index in [0.717, 1.165) is 17.5 Å². The highest BCUT2D eigenvalue weighted by Crippen LogP contribution is 2.61. The highest BCUT2D eigenvalue weighted by Gasteiger charge is 2.62. The third-order valence-corrected chi connectivity index (χ3v) is 8.45. The Labute approximate surface area is 178 Å². The average Bonchev–Trinajstić information content (AvgIpc) is 2.89. The lowest BCUT2D eigenvalue weighted by molar-refractivity contribution is -0.173. The molecule has 0 unspecified atom stereocenters. The van der Waals surface area contributed by atoms with E-state index < -0.39 is 20.2 Å². The van der Waals surface area contributed by atoms with Gasteiger partial charge >= 0.3 is 0 Å². The van der Waals surface area contributed by atoms with Gasteiger partial charge in [-0.15, -0.1) is 0 Å². The SMILES string of the molecule is C[Si](C)OCc1c(C(C)(C)C)cccc1[C@@]1(O)CC[C@]2(C)[C@@H](CO)CC[C@]2(O)C1. The average molecular weight is 420 g/mol. The lowest BCUT2D eigenvalue weighted by Crippen LogP contribution is -2.55. The molecule has 2 aliphatic rings. The Morgan fingerprint density at radius 2 is 1.83 bits per heavy atom. The van der Waals surface area contributed by atoms with Crippen LogP contribution in [0.5, 0.6) is 0 Å². The Kier molecular flexibility index (Phi) is 6.14. The molecule has 3 N–H and O–H groups in total. The van der Waals surface area contributed by atoms with E-state index in [-0.39, 0.29) is 23.4 Å². The van der Waals surface area contributed by atoms with E-state index in [1.807, 2.05) is 12.1 Å². The van der Waals surface area contributed by atoms with Crippen LogP contribution < -0.4 is 0 Å². The zero-order valence-electron chi connectivity index (χ0n) is 19.0. The molecule has 163 valence electrons. The predicted molar refractivity (Wildman–Crippen MR) is 118 cm³/mol. The first-order chi connectivity index (χ1) is 13.4. The maximum atomic E-state index is 11.9. The fourth-order valence-electron chi connectivity index (χ4n) is 5.78. The van der Waals surface area contributed by atoms with Crippen molar-refractivity contribution in [3.05, 3.63) is 34.9 Å². The second-order valence-electron chi connectivity index (χ2n) is 10.9. The molecule has 2 aliphatic carbocycles. The maximum Gasteiger partial charge on any atom is 0.205 e. The number of fused-ring (bicyclic) bond motifs is 1. The zero-order valence-corrected chi connectivity index (χ0v) is 20.0. The summed E-state index contributed by atoms with van der Waals surface area (Å²) in [6.07, 6.45) is 3.08. The summed E-state index contributed by atoms with van der Waals surface area (Å²) in [6, 6.07) is 6.20. The van der Waals surface area contributed by atoms with Crippen LogP contribution >= 0.6 is 0 Å². The van der Waals surface area contributed by atoms with Gasteiger partial charge in [-0.3, -0.25) is 0 Å². The van der Waals surface area contributed by atoms with Crippen LogP contribution in [0.1, 0.15) is 76.5 Å². The van der Waals surface area contributed by atoms with Crippen molar-refractivity contribution < 1.29 is 19.7 Å². The molecule has 1 aromatic rings. The standard InChI is InChI=1S/C24H39O4Si/c1-21(2,3)19-8-7-9-20(18(19)15-28-29(5)6)23(26)13-12-22(4)17(14-25)10-11-24(22,27)16-23/h7-9,17,25-27H,10-16H2,1-6H3/t17-,22-,23-,24+/m1/s1. The van der Waals surface area contributed by atoms with E-state index in [4.69, 9.17) is 4.43 Å². The van der Waals surface area contributed by atoms with Crippen LogP contribution in [0.2, 0.25) is 13.1 Å². The monoisotopic (exact) mass is 419 g/mol. The molecular weight excluding hydrogens is 380 g/mol. The van der Waals surface area contributed by atoms with Crippen molar-refractivity contribution in [2.75, 3.05) is 6.61 Å². The molecule has 0 spiro atoms. The molecule has 2 saturated carbocycles. The summed E-state index contributed by atoms with van der Waals surface area (Å²) >= 11 is 0. The molecule has 0 saturated heterocycles. The first-order valence-corrected chi connectivity index (χ1v) is 13.4. The van der Waals surface area contributed by atoms with Gasteiger partial charge < -0.3 is 19.7 Å². The highest BCUT2D eigenvalue weighted by atomic mass is 28.3. The van der Waals surface area contributed by atoms with Gasteiger partial charge in [-0.2, -0.15) is 0 Å². The highest BCUT2D eigenvalue weighted by molar-refractivity contribution is 6.48. The van der Waals surface area contributed by atoms with Crippen LogP contribution in [0, 0.1) is 11.3 Å². The van der Waals surface area contributed by atoms with Crippen LogP contribution in [0.15, 0.2) is 18.2 Å². The number of aliphatic hydroxyl groups is 3. The van der Waals surface area contributed by atoms with Crippen LogP contribution in [0.25, 0.3) is 0 Å². The van der Waals surface area contributed by atoms with Crippen molar-refractivity contribution in [2.45, 2.75) is 96.1 Å². The van der Waals surface area contributed by atoms with Gasteiger partial charge in [-0.05, 0) is 66.8 Å². The summed E-state index contributed by atoms with van der Waals surface area (Å²) < 4.78 is 6.10. The van der Waals surface area contributed by atoms with Crippen LogP contribution in [-0.2, 0) is 22.0 Å². The van der Waals surface area contributed by atoms with E-state index in [0.29, 0.717) is 32.3 Å². The fourth-order valence-corrected chi connectivity index (χ4v) is 6.22. The molecule has 5 heteroatoms. The van der Waals surface area contributed by atoms with E-state index >= 15 is 0 Å². The minimum atomic E-state index is -1.08. The molecule has 1 aromatic carbocycles. The second kappa shape index (κ2) is 7.76. The van der Waals surface area contributed by atoms with Crippen molar-refractivity contribution >= 4 is 9.04 Å². The Balaban J connectivity index is 2.04. The fraction of sp³-hybridized carbons (Fsp3) is 0.750. The zero-order chi connectivity index (χ0) is 21.7. The van der Waals surface area contributed by atoms with Crippen molar-refractivity contribution in [1.29, 1.82) is 0 Å². The molecule has 0 aliphatic heterocycles. The van der Waals surface area contributed by atoms with Crippen LogP contribution in [0.4, 0.5) is 0 Å². The van der Waals surface area contributed by atoms with Gasteiger partial charge in [0.25, 0.3) is 0 Å². The Hall–Kier alpha value is -0.723. The number of hydrogen-bond acceptors (Lipinski definition) is 4. The van der Waals surface area contributed by atoms with Gasteiger partial charge in [0, 0.05) is 18.4 Å². The summed E-state index contributed by atoms with van der Waals surface area (Å²) in [6.45, 7) is 13.5. The first kappa shape index (κ1) is 23.0. The molecular formula is C24H39O4Si. The van der Waals surface area contributed by atoms with E-state index in [2.05, 4.69) is 46.9 Å². The van der Waals surface area contributed by atoms with Gasteiger partial charge in [0.1, 0.15) is 0 Å². The summed E-state index contributed by atoms with van der Waals surface area (Å²) in [5.41, 5.74) is 0.769. The molecule has 3 rings (SSSR count). The molecule has 4 atom stereocenters. The van der Waals surface area contributed by atoms with Crippen molar-refractivity contribution in [3.63, 3.8) is 0 Å². The summed E-state index contributed by atoms with van der Waals surface area (Å²) in [5.74, 6) is 0.103. The van der Waals surface area contributed by atoms with Gasteiger partial charge in [0.15, 0.2) is 0 Å². The largest absolute Gasteiger partial charge is 0.413 e. The predicted octanol–water partition coefficient (Wildman–Crippen LogP) is 4.26. The summed E-state index contributed by atoms with van der Waals surface area (Å²) in [7, 11) is -0.865. The molecule has 0 bridgehead atoms. The molecule has 0 amide bonds.